The molecule has 1 amide bonds. The van der Waals surface area contributed by atoms with Crippen molar-refractivity contribution < 1.29 is 9.72 Å². The number of nitro benzene ring substituents is 1. The van der Waals surface area contributed by atoms with Gasteiger partial charge in [0.05, 0.1) is 15.5 Å². The summed E-state index contributed by atoms with van der Waals surface area (Å²) in [4.78, 5) is 29.9. The number of hydrogen-bond donors (Lipinski definition) is 0. The van der Waals surface area contributed by atoms with Crippen LogP contribution in [0.2, 0.25) is 0 Å². The number of non-ortho nitro benzene ring substituents is 1. The summed E-state index contributed by atoms with van der Waals surface area (Å²) in [5.41, 5.74) is 1.54. The van der Waals surface area contributed by atoms with Crippen LogP contribution in [0.15, 0.2) is 64.5 Å². The van der Waals surface area contributed by atoms with Crippen molar-refractivity contribution in [3.05, 3.63) is 75.2 Å². The molecule has 1 aliphatic heterocycles. The first kappa shape index (κ1) is 17.9. The number of hydrogen-bond acceptors (Lipinski definition) is 5. The molecule has 1 heterocycles. The van der Waals surface area contributed by atoms with Gasteiger partial charge in [-0.1, -0.05) is 18.2 Å². The molecule has 2 aromatic carbocycles. The third-order valence-corrected chi connectivity index (χ3v) is 4.72. The van der Waals surface area contributed by atoms with Gasteiger partial charge in [-0.25, -0.2) is 4.99 Å². The van der Waals surface area contributed by atoms with Crippen molar-refractivity contribution in [2.45, 2.75) is 19.9 Å². The Morgan fingerprint density at radius 1 is 1.12 bits per heavy atom. The summed E-state index contributed by atoms with van der Waals surface area (Å²) in [6.07, 6.45) is 1.74. The Labute approximate surface area is 155 Å². The summed E-state index contributed by atoms with van der Waals surface area (Å²) >= 11 is 1.31. The van der Waals surface area contributed by atoms with Gasteiger partial charge in [-0.3, -0.25) is 19.8 Å². The van der Waals surface area contributed by atoms with E-state index in [0.29, 0.717) is 10.1 Å². The molecule has 1 aliphatic rings. The highest BCUT2D eigenvalue weighted by Crippen LogP contribution is 2.35. The summed E-state index contributed by atoms with van der Waals surface area (Å²) in [5, 5.41) is 11.4. The second-order valence-electron chi connectivity index (χ2n) is 5.96. The molecule has 0 aromatic heterocycles. The van der Waals surface area contributed by atoms with Crippen LogP contribution >= 0.6 is 11.8 Å². The van der Waals surface area contributed by atoms with Gasteiger partial charge in [0, 0.05) is 18.2 Å². The minimum absolute atomic E-state index is 0.0210. The fraction of sp³-hybridized carbons (Fsp3) is 0.158. The van der Waals surface area contributed by atoms with Crippen LogP contribution in [0.4, 0.5) is 11.4 Å². The summed E-state index contributed by atoms with van der Waals surface area (Å²) in [6, 6.07) is 15.6. The first-order valence-electron chi connectivity index (χ1n) is 8.07. The molecule has 3 rings (SSSR count). The normalized spacial score (nSPS) is 17.5. The molecule has 0 saturated carbocycles. The first-order valence-corrected chi connectivity index (χ1v) is 8.88. The van der Waals surface area contributed by atoms with Gasteiger partial charge in [-0.2, -0.15) is 0 Å². The van der Waals surface area contributed by atoms with E-state index < -0.39 is 4.92 Å². The number of carbonyl (C=O) groups is 1. The van der Waals surface area contributed by atoms with Crippen molar-refractivity contribution in [3.63, 3.8) is 0 Å². The highest BCUT2D eigenvalue weighted by Gasteiger charge is 2.35. The lowest BCUT2D eigenvalue weighted by Crippen LogP contribution is -2.35. The van der Waals surface area contributed by atoms with E-state index in [0.717, 1.165) is 11.3 Å². The van der Waals surface area contributed by atoms with Gasteiger partial charge in [0.2, 0.25) is 0 Å². The maximum absolute atomic E-state index is 12.8. The zero-order valence-corrected chi connectivity index (χ0v) is 15.1. The predicted octanol–water partition coefficient (Wildman–Crippen LogP) is 4.61. The lowest BCUT2D eigenvalue weighted by atomic mass is 10.2. The van der Waals surface area contributed by atoms with Crippen molar-refractivity contribution in [2.75, 3.05) is 0 Å². The maximum Gasteiger partial charge on any atom is 0.269 e. The average molecular weight is 367 g/mol. The van der Waals surface area contributed by atoms with E-state index in [1.807, 2.05) is 44.2 Å². The molecule has 132 valence electrons. The molecule has 0 radical (unpaired) electrons. The Balaban J connectivity index is 1.92. The van der Waals surface area contributed by atoms with Crippen molar-refractivity contribution in [1.29, 1.82) is 0 Å². The Bertz CT molecular complexity index is 890. The molecule has 0 spiro atoms. The summed E-state index contributed by atoms with van der Waals surface area (Å²) in [5.74, 6) is -0.113. The number of nitrogens with zero attached hydrogens (tertiary/aromatic N) is 3. The van der Waals surface area contributed by atoms with Gasteiger partial charge in [-0.05, 0) is 61.5 Å². The largest absolute Gasteiger partial charge is 0.284 e. The number of rotatable bonds is 4. The van der Waals surface area contributed by atoms with Crippen molar-refractivity contribution >= 4 is 40.3 Å². The van der Waals surface area contributed by atoms with Crippen molar-refractivity contribution in [1.82, 2.24) is 4.90 Å². The molecule has 0 unspecified atom stereocenters. The van der Waals surface area contributed by atoms with E-state index in [1.54, 1.807) is 23.1 Å². The molecule has 1 fully saturated rings. The number of carbonyl (C=O) groups excluding carboxylic acids is 1. The third kappa shape index (κ3) is 3.83. The van der Waals surface area contributed by atoms with Gasteiger partial charge in [-0.15, -0.1) is 0 Å². The van der Waals surface area contributed by atoms with E-state index in [4.69, 9.17) is 0 Å². The van der Waals surface area contributed by atoms with Crippen molar-refractivity contribution in [2.24, 2.45) is 4.99 Å². The number of aliphatic imine (C=N–C) groups is 1. The third-order valence-electron chi connectivity index (χ3n) is 3.74. The monoisotopic (exact) mass is 367 g/mol. The van der Waals surface area contributed by atoms with Crippen LogP contribution in [0.1, 0.15) is 19.4 Å². The van der Waals surface area contributed by atoms with E-state index >= 15 is 0 Å². The molecular formula is C19H17N3O3S. The lowest BCUT2D eigenvalue weighted by Gasteiger charge is -2.19. The second kappa shape index (κ2) is 7.53. The Kier molecular flexibility index (Phi) is 5.18. The van der Waals surface area contributed by atoms with Crippen LogP contribution in [0.5, 0.6) is 0 Å². The van der Waals surface area contributed by atoms with E-state index in [1.165, 1.54) is 23.9 Å². The number of nitro groups is 1. The van der Waals surface area contributed by atoms with Crippen LogP contribution in [-0.4, -0.2) is 26.9 Å². The molecular weight excluding hydrogens is 350 g/mol. The highest BCUT2D eigenvalue weighted by atomic mass is 32.2. The highest BCUT2D eigenvalue weighted by molar-refractivity contribution is 8.18. The molecule has 26 heavy (non-hydrogen) atoms. The Morgan fingerprint density at radius 3 is 2.35 bits per heavy atom. The quantitative estimate of drug-likeness (QED) is 0.449. The molecule has 6 nitrogen and oxygen atoms in total. The fourth-order valence-corrected chi connectivity index (χ4v) is 3.60. The van der Waals surface area contributed by atoms with E-state index in [-0.39, 0.29) is 17.6 Å². The average Bonchev–Trinajstić information content (AvgIpc) is 2.91. The zero-order valence-electron chi connectivity index (χ0n) is 14.3. The Morgan fingerprint density at radius 2 is 1.77 bits per heavy atom. The van der Waals surface area contributed by atoms with Gasteiger partial charge < -0.3 is 0 Å². The first-order chi connectivity index (χ1) is 12.5. The smallest absolute Gasteiger partial charge is 0.269 e. The van der Waals surface area contributed by atoms with Gasteiger partial charge in [0.1, 0.15) is 0 Å². The number of thioether (sulfide) groups is 1. The molecule has 0 aliphatic carbocycles. The fourth-order valence-electron chi connectivity index (χ4n) is 2.48. The van der Waals surface area contributed by atoms with Crippen LogP contribution in [0, 0.1) is 10.1 Å². The van der Waals surface area contributed by atoms with Crippen molar-refractivity contribution in [3.8, 4) is 0 Å². The van der Waals surface area contributed by atoms with E-state index in [2.05, 4.69) is 4.99 Å². The minimum Gasteiger partial charge on any atom is -0.284 e. The van der Waals surface area contributed by atoms with Gasteiger partial charge in [0.15, 0.2) is 5.17 Å². The van der Waals surface area contributed by atoms with Crippen LogP contribution in [-0.2, 0) is 4.79 Å². The maximum atomic E-state index is 12.8. The topological polar surface area (TPSA) is 75.8 Å². The van der Waals surface area contributed by atoms with E-state index in [9.17, 15) is 14.9 Å². The molecule has 0 N–H and O–H groups in total. The number of benzene rings is 2. The molecule has 0 bridgehead atoms. The van der Waals surface area contributed by atoms with Crippen LogP contribution in [0.3, 0.4) is 0 Å². The number of amides is 1. The summed E-state index contributed by atoms with van der Waals surface area (Å²) in [6.45, 7) is 3.88. The second-order valence-corrected chi connectivity index (χ2v) is 6.97. The predicted molar refractivity (Wildman–Crippen MR) is 104 cm³/mol. The zero-order chi connectivity index (χ0) is 18.7. The standard InChI is InChI=1S/C19H17N3O3S/c1-13(2)21-18(23)17(12-14-8-10-16(11-9-14)22(24)25)26-19(21)20-15-6-4-3-5-7-15/h3-13H,1-2H3/b17-12+,20-19?. The van der Waals surface area contributed by atoms with Gasteiger partial charge in [0.25, 0.3) is 11.6 Å². The minimum atomic E-state index is -0.447. The number of amidine groups is 1. The summed E-state index contributed by atoms with van der Waals surface area (Å²) < 4.78 is 0. The molecule has 2 aromatic rings. The number of para-hydroxylation sites is 1. The van der Waals surface area contributed by atoms with Gasteiger partial charge >= 0.3 is 0 Å². The Hall–Kier alpha value is -2.93. The molecule has 1 saturated heterocycles. The SMILES string of the molecule is CC(C)N1C(=O)/C(=C\c2ccc([N+](=O)[O-])cc2)SC1=Nc1ccccc1. The molecule has 0 atom stereocenters. The van der Waals surface area contributed by atoms with Crippen LogP contribution < -0.4 is 0 Å². The van der Waals surface area contributed by atoms with Crippen LogP contribution in [0.25, 0.3) is 6.08 Å². The lowest BCUT2D eigenvalue weighted by molar-refractivity contribution is -0.384. The summed E-state index contributed by atoms with van der Waals surface area (Å²) in [7, 11) is 0. The molecule has 7 heteroatoms.